The molecule has 0 spiro atoms. The van der Waals surface area contributed by atoms with Crippen LogP contribution in [-0.2, 0) is 6.42 Å². The normalized spacial score (nSPS) is 12.8. The Balaban J connectivity index is 1.63. The zero-order valence-corrected chi connectivity index (χ0v) is 13.3. The van der Waals surface area contributed by atoms with E-state index < -0.39 is 0 Å². The number of anilines is 4. The Bertz CT molecular complexity index is 867. The Morgan fingerprint density at radius 1 is 1.08 bits per heavy atom. The zero-order chi connectivity index (χ0) is 16.4. The summed E-state index contributed by atoms with van der Waals surface area (Å²) < 4.78 is 5.36. The number of hydrogen-bond donors (Lipinski definition) is 1. The van der Waals surface area contributed by atoms with E-state index in [1.165, 1.54) is 5.56 Å². The molecule has 0 saturated heterocycles. The lowest BCUT2D eigenvalue weighted by Crippen LogP contribution is -2.17. The van der Waals surface area contributed by atoms with Crippen molar-refractivity contribution in [2.45, 2.75) is 6.42 Å². The highest BCUT2D eigenvalue weighted by atomic mass is 16.5. The highest BCUT2D eigenvalue weighted by molar-refractivity contribution is 5.68. The van der Waals surface area contributed by atoms with Gasteiger partial charge in [-0.05, 0) is 30.2 Å². The molecule has 2 aromatic carbocycles. The molecule has 0 atom stereocenters. The molecule has 2 heterocycles. The van der Waals surface area contributed by atoms with Gasteiger partial charge in [-0.25, -0.2) is 0 Å². The standard InChI is InChI=1S/C18H17N5O/c1-24-16-9-5-3-7-14(16)20-17-12-19-22-18(21-17)23-11-10-13-6-2-4-8-15(13)23/h2-9,12H,10-11H2,1H3,(H,20,21,22). The SMILES string of the molecule is COc1ccccc1Nc1cnnc(N2CCc3ccccc32)n1. The molecule has 0 amide bonds. The summed E-state index contributed by atoms with van der Waals surface area (Å²) in [5.74, 6) is 1.98. The van der Waals surface area contributed by atoms with E-state index in [9.17, 15) is 0 Å². The van der Waals surface area contributed by atoms with Crippen LogP contribution in [0.1, 0.15) is 5.56 Å². The quantitative estimate of drug-likeness (QED) is 0.796. The summed E-state index contributed by atoms with van der Waals surface area (Å²) in [7, 11) is 1.64. The molecule has 1 aliphatic heterocycles. The first-order valence-corrected chi connectivity index (χ1v) is 7.80. The van der Waals surface area contributed by atoms with Crippen molar-refractivity contribution in [3.05, 3.63) is 60.3 Å². The minimum atomic E-state index is 0.597. The van der Waals surface area contributed by atoms with Crippen LogP contribution in [0.25, 0.3) is 0 Å². The number of rotatable bonds is 4. The van der Waals surface area contributed by atoms with Crippen LogP contribution in [0.3, 0.4) is 0 Å². The van der Waals surface area contributed by atoms with Crippen molar-refractivity contribution in [1.82, 2.24) is 15.2 Å². The minimum Gasteiger partial charge on any atom is -0.495 e. The van der Waals surface area contributed by atoms with Crippen molar-refractivity contribution in [1.29, 1.82) is 0 Å². The van der Waals surface area contributed by atoms with E-state index in [0.29, 0.717) is 11.8 Å². The van der Waals surface area contributed by atoms with Crippen LogP contribution in [-0.4, -0.2) is 28.8 Å². The molecule has 6 heteroatoms. The fraction of sp³-hybridized carbons (Fsp3) is 0.167. The Hall–Kier alpha value is -3.15. The lowest BCUT2D eigenvalue weighted by molar-refractivity contribution is 0.417. The summed E-state index contributed by atoms with van der Waals surface area (Å²) in [6, 6.07) is 16.0. The van der Waals surface area contributed by atoms with Gasteiger partial charge in [-0.2, -0.15) is 10.1 Å². The maximum absolute atomic E-state index is 5.36. The number of methoxy groups -OCH3 is 1. The first-order chi connectivity index (χ1) is 11.8. The van der Waals surface area contributed by atoms with Crippen molar-refractivity contribution in [3.8, 4) is 5.75 Å². The number of nitrogens with zero attached hydrogens (tertiary/aromatic N) is 4. The first kappa shape index (κ1) is 14.4. The van der Waals surface area contributed by atoms with Gasteiger partial charge in [-0.3, -0.25) is 0 Å². The third-order valence-corrected chi connectivity index (χ3v) is 4.05. The molecule has 0 bridgehead atoms. The molecule has 0 aliphatic carbocycles. The topological polar surface area (TPSA) is 63.2 Å². The van der Waals surface area contributed by atoms with Crippen molar-refractivity contribution in [2.24, 2.45) is 0 Å². The number of aromatic nitrogens is 3. The Labute approximate surface area is 140 Å². The predicted molar refractivity (Wildman–Crippen MR) is 93.3 cm³/mol. The van der Waals surface area contributed by atoms with Gasteiger partial charge in [0.2, 0.25) is 0 Å². The van der Waals surface area contributed by atoms with E-state index in [1.54, 1.807) is 13.3 Å². The Kier molecular flexibility index (Phi) is 3.70. The maximum atomic E-state index is 5.36. The van der Waals surface area contributed by atoms with Crippen LogP contribution < -0.4 is 15.0 Å². The fourth-order valence-corrected chi connectivity index (χ4v) is 2.90. The second kappa shape index (κ2) is 6.16. The molecule has 0 unspecified atom stereocenters. The van der Waals surface area contributed by atoms with Gasteiger partial charge in [0.05, 0.1) is 19.0 Å². The third kappa shape index (κ3) is 2.62. The van der Waals surface area contributed by atoms with Crippen LogP contribution in [0.2, 0.25) is 0 Å². The molecule has 1 aliphatic rings. The maximum Gasteiger partial charge on any atom is 0.251 e. The zero-order valence-electron chi connectivity index (χ0n) is 13.3. The number of hydrogen-bond acceptors (Lipinski definition) is 6. The van der Waals surface area contributed by atoms with Gasteiger partial charge in [0, 0.05) is 12.2 Å². The molecule has 1 aromatic heterocycles. The van der Waals surface area contributed by atoms with Gasteiger partial charge >= 0.3 is 0 Å². The van der Waals surface area contributed by atoms with Gasteiger partial charge < -0.3 is 15.0 Å². The molecule has 120 valence electrons. The second-order valence-corrected chi connectivity index (χ2v) is 5.50. The van der Waals surface area contributed by atoms with Crippen molar-refractivity contribution in [3.63, 3.8) is 0 Å². The molecule has 1 N–H and O–H groups in total. The summed E-state index contributed by atoms with van der Waals surface area (Å²) in [5.41, 5.74) is 3.30. The molecular weight excluding hydrogens is 302 g/mol. The summed E-state index contributed by atoms with van der Waals surface area (Å²) >= 11 is 0. The average Bonchev–Trinajstić information content (AvgIpc) is 3.06. The molecule has 0 saturated carbocycles. The summed E-state index contributed by atoms with van der Waals surface area (Å²) in [4.78, 5) is 6.70. The van der Waals surface area contributed by atoms with Crippen molar-refractivity contribution in [2.75, 3.05) is 23.9 Å². The van der Waals surface area contributed by atoms with E-state index >= 15 is 0 Å². The van der Waals surface area contributed by atoms with Gasteiger partial charge in [-0.15, -0.1) is 5.10 Å². The highest BCUT2D eigenvalue weighted by Crippen LogP contribution is 2.33. The van der Waals surface area contributed by atoms with Crippen LogP contribution in [0.15, 0.2) is 54.7 Å². The van der Waals surface area contributed by atoms with Crippen LogP contribution in [0.4, 0.5) is 23.1 Å². The van der Waals surface area contributed by atoms with E-state index in [0.717, 1.165) is 30.1 Å². The second-order valence-electron chi connectivity index (χ2n) is 5.50. The predicted octanol–water partition coefficient (Wildman–Crippen LogP) is 3.32. The summed E-state index contributed by atoms with van der Waals surface area (Å²) in [6.07, 6.45) is 2.60. The minimum absolute atomic E-state index is 0.597. The van der Waals surface area contributed by atoms with Crippen LogP contribution >= 0.6 is 0 Å². The molecule has 3 aromatic rings. The van der Waals surface area contributed by atoms with Gasteiger partial charge in [-0.1, -0.05) is 30.3 Å². The number of benzene rings is 2. The largest absolute Gasteiger partial charge is 0.495 e. The van der Waals surface area contributed by atoms with Crippen LogP contribution in [0, 0.1) is 0 Å². The lowest BCUT2D eigenvalue weighted by Gasteiger charge is -2.17. The molecule has 6 nitrogen and oxygen atoms in total. The number of fused-ring (bicyclic) bond motifs is 1. The number of nitrogens with one attached hydrogen (secondary N) is 1. The van der Waals surface area contributed by atoms with E-state index in [2.05, 4.69) is 43.6 Å². The van der Waals surface area contributed by atoms with Crippen molar-refractivity contribution < 1.29 is 4.74 Å². The van der Waals surface area contributed by atoms with Gasteiger partial charge in [0.1, 0.15) is 5.75 Å². The molecule has 0 fully saturated rings. The Morgan fingerprint density at radius 3 is 2.83 bits per heavy atom. The van der Waals surface area contributed by atoms with Gasteiger partial charge in [0.15, 0.2) is 5.82 Å². The lowest BCUT2D eigenvalue weighted by atomic mass is 10.2. The Morgan fingerprint density at radius 2 is 1.92 bits per heavy atom. The summed E-state index contributed by atoms with van der Waals surface area (Å²) in [5, 5.41) is 11.5. The van der Waals surface area contributed by atoms with E-state index in [4.69, 9.17) is 4.74 Å². The molecule has 0 radical (unpaired) electrons. The summed E-state index contributed by atoms with van der Waals surface area (Å²) in [6.45, 7) is 0.860. The van der Waals surface area contributed by atoms with Crippen LogP contribution in [0.5, 0.6) is 5.75 Å². The average molecular weight is 319 g/mol. The first-order valence-electron chi connectivity index (χ1n) is 7.80. The van der Waals surface area contributed by atoms with Gasteiger partial charge in [0.25, 0.3) is 5.95 Å². The highest BCUT2D eigenvalue weighted by Gasteiger charge is 2.22. The fourth-order valence-electron chi connectivity index (χ4n) is 2.90. The molecule has 4 rings (SSSR count). The molecule has 24 heavy (non-hydrogen) atoms. The van der Waals surface area contributed by atoms with Crippen molar-refractivity contribution >= 4 is 23.1 Å². The third-order valence-electron chi connectivity index (χ3n) is 4.05. The van der Waals surface area contributed by atoms with E-state index in [-0.39, 0.29) is 0 Å². The smallest absolute Gasteiger partial charge is 0.251 e. The number of para-hydroxylation sites is 3. The number of ether oxygens (including phenoxy) is 1. The monoisotopic (exact) mass is 319 g/mol. The molecular formula is C18H17N5O. The van der Waals surface area contributed by atoms with E-state index in [1.807, 2.05) is 30.3 Å².